The van der Waals surface area contributed by atoms with Crippen molar-refractivity contribution in [3.05, 3.63) is 54.6 Å². The number of hydrogen-bond donors (Lipinski definition) is 1. The molecule has 0 heterocycles. The van der Waals surface area contributed by atoms with Gasteiger partial charge in [-0.05, 0) is 24.3 Å². The minimum atomic E-state index is -4.22. The Morgan fingerprint density at radius 2 is 1.47 bits per heavy atom. The molecule has 1 unspecified atom stereocenters. The molecule has 0 saturated heterocycles. The molecule has 0 aliphatic rings. The van der Waals surface area contributed by atoms with E-state index in [4.69, 9.17) is 13.8 Å². The lowest BCUT2D eigenvalue weighted by atomic mass is 10.3. The van der Waals surface area contributed by atoms with Gasteiger partial charge in [-0.3, -0.25) is 4.89 Å². The number of hydrogen-bond acceptors (Lipinski definition) is 4. The smallest absolute Gasteiger partial charge is 0.497 e. The molecule has 0 aliphatic carbocycles. The molecule has 5 nitrogen and oxygen atoms in total. The molecule has 0 aromatic heterocycles. The van der Waals surface area contributed by atoms with Gasteiger partial charge in [0.15, 0.2) is 0 Å². The van der Waals surface area contributed by atoms with Crippen molar-refractivity contribution in [3.8, 4) is 17.2 Å². The zero-order chi connectivity index (χ0) is 13.7. The third-order valence-electron chi connectivity index (χ3n) is 2.23. The quantitative estimate of drug-likeness (QED) is 0.852. The second kappa shape index (κ2) is 5.78. The molecule has 2 aromatic rings. The fourth-order valence-electron chi connectivity index (χ4n) is 1.42. The predicted octanol–water partition coefficient (Wildman–Crippen LogP) is 3.25. The predicted molar refractivity (Wildman–Crippen MR) is 70.5 cm³/mol. The van der Waals surface area contributed by atoms with Crippen LogP contribution in [0, 0.1) is 0 Å². The van der Waals surface area contributed by atoms with Crippen LogP contribution in [-0.2, 0) is 4.57 Å². The maximum absolute atomic E-state index is 11.8. The number of ether oxygens (including phenoxy) is 1. The number of phosphoric ester groups is 1. The van der Waals surface area contributed by atoms with E-state index < -0.39 is 7.82 Å². The zero-order valence-electron chi connectivity index (χ0n) is 10.2. The Labute approximate surface area is 111 Å². The molecule has 1 atom stereocenters. The van der Waals surface area contributed by atoms with E-state index in [1.807, 2.05) is 0 Å². The van der Waals surface area contributed by atoms with Gasteiger partial charge in [0.1, 0.15) is 17.2 Å². The Hall–Kier alpha value is -1.97. The molecule has 100 valence electrons. The molecule has 2 aromatic carbocycles. The molecule has 0 spiro atoms. The summed E-state index contributed by atoms with van der Waals surface area (Å²) in [6, 6.07) is 14.7. The first-order valence-electron chi connectivity index (χ1n) is 5.50. The van der Waals surface area contributed by atoms with Gasteiger partial charge in [0, 0.05) is 6.07 Å². The number of methoxy groups -OCH3 is 1. The summed E-state index contributed by atoms with van der Waals surface area (Å²) >= 11 is 0. The van der Waals surface area contributed by atoms with Crippen molar-refractivity contribution >= 4 is 7.82 Å². The van der Waals surface area contributed by atoms with Gasteiger partial charge in [-0.1, -0.05) is 24.3 Å². The number of benzene rings is 2. The largest absolute Gasteiger partial charge is 0.584 e. The summed E-state index contributed by atoms with van der Waals surface area (Å²) in [5.74, 6) is 0.981. The highest BCUT2D eigenvalue weighted by Gasteiger charge is 2.25. The van der Waals surface area contributed by atoms with Crippen LogP contribution in [0.15, 0.2) is 54.6 Å². The lowest BCUT2D eigenvalue weighted by Crippen LogP contribution is -1.99. The number of para-hydroxylation sites is 1. The SMILES string of the molecule is COc1cccc(OP(=O)(O)Oc2ccccc2)c1. The maximum atomic E-state index is 11.8. The highest BCUT2D eigenvalue weighted by atomic mass is 31.2. The van der Waals surface area contributed by atoms with Crippen molar-refractivity contribution in [3.63, 3.8) is 0 Å². The van der Waals surface area contributed by atoms with Gasteiger partial charge in [-0.2, -0.15) is 0 Å². The van der Waals surface area contributed by atoms with Gasteiger partial charge < -0.3 is 13.8 Å². The van der Waals surface area contributed by atoms with E-state index in [1.54, 1.807) is 48.5 Å². The average molecular weight is 280 g/mol. The minimum Gasteiger partial charge on any atom is -0.497 e. The Morgan fingerprint density at radius 3 is 2.16 bits per heavy atom. The van der Waals surface area contributed by atoms with Crippen molar-refractivity contribution < 1.29 is 23.2 Å². The lowest BCUT2D eigenvalue weighted by molar-refractivity contribution is 0.290. The topological polar surface area (TPSA) is 65.0 Å². The second-order valence-electron chi connectivity index (χ2n) is 3.64. The van der Waals surface area contributed by atoms with E-state index in [-0.39, 0.29) is 11.5 Å². The first-order chi connectivity index (χ1) is 9.09. The van der Waals surface area contributed by atoms with Crippen LogP contribution < -0.4 is 13.8 Å². The van der Waals surface area contributed by atoms with Gasteiger partial charge in [-0.25, -0.2) is 4.57 Å². The molecule has 0 bridgehead atoms. The Balaban J connectivity index is 2.10. The summed E-state index contributed by atoms with van der Waals surface area (Å²) in [6.45, 7) is 0. The van der Waals surface area contributed by atoms with E-state index in [2.05, 4.69) is 0 Å². The van der Waals surface area contributed by atoms with Crippen molar-refractivity contribution in [2.24, 2.45) is 0 Å². The van der Waals surface area contributed by atoms with Gasteiger partial charge in [0.05, 0.1) is 7.11 Å². The van der Waals surface area contributed by atoms with Crippen molar-refractivity contribution in [2.75, 3.05) is 7.11 Å². The van der Waals surface area contributed by atoms with Crippen molar-refractivity contribution in [1.29, 1.82) is 0 Å². The summed E-state index contributed by atoms with van der Waals surface area (Å²) in [6.07, 6.45) is 0. The van der Waals surface area contributed by atoms with Crippen LogP contribution >= 0.6 is 7.82 Å². The van der Waals surface area contributed by atoms with Crippen LogP contribution in [0.25, 0.3) is 0 Å². The van der Waals surface area contributed by atoms with Crippen LogP contribution in [0.3, 0.4) is 0 Å². The van der Waals surface area contributed by atoms with E-state index >= 15 is 0 Å². The van der Waals surface area contributed by atoms with E-state index in [1.165, 1.54) is 13.2 Å². The fraction of sp³-hybridized carbons (Fsp3) is 0.0769. The Bertz CT molecular complexity index is 585. The summed E-state index contributed by atoms with van der Waals surface area (Å²) in [5.41, 5.74) is 0. The fourth-order valence-corrected chi connectivity index (χ4v) is 2.23. The van der Waals surface area contributed by atoms with Gasteiger partial charge in [-0.15, -0.1) is 0 Å². The maximum Gasteiger partial charge on any atom is 0.584 e. The molecule has 0 amide bonds. The summed E-state index contributed by atoms with van der Waals surface area (Å²) in [4.78, 5) is 9.66. The minimum absolute atomic E-state index is 0.195. The molecular formula is C13H13O5P. The van der Waals surface area contributed by atoms with E-state index in [0.29, 0.717) is 5.75 Å². The molecule has 0 fully saturated rings. The third kappa shape index (κ3) is 4.02. The highest BCUT2D eigenvalue weighted by Crippen LogP contribution is 2.44. The van der Waals surface area contributed by atoms with Crippen LogP contribution in [0.5, 0.6) is 17.2 Å². The molecule has 6 heteroatoms. The van der Waals surface area contributed by atoms with E-state index in [9.17, 15) is 9.46 Å². The highest BCUT2D eigenvalue weighted by molar-refractivity contribution is 7.48. The first kappa shape index (κ1) is 13.5. The summed E-state index contributed by atoms with van der Waals surface area (Å²) < 4.78 is 26.7. The molecular weight excluding hydrogens is 267 g/mol. The normalized spacial score (nSPS) is 13.4. The van der Waals surface area contributed by atoms with Gasteiger partial charge >= 0.3 is 7.82 Å². The van der Waals surface area contributed by atoms with Crippen LogP contribution in [0.2, 0.25) is 0 Å². The molecule has 1 N–H and O–H groups in total. The first-order valence-corrected chi connectivity index (χ1v) is 7.00. The van der Waals surface area contributed by atoms with Crippen LogP contribution in [-0.4, -0.2) is 12.0 Å². The molecule has 19 heavy (non-hydrogen) atoms. The third-order valence-corrected chi connectivity index (χ3v) is 3.11. The van der Waals surface area contributed by atoms with Crippen molar-refractivity contribution in [2.45, 2.75) is 0 Å². The zero-order valence-corrected chi connectivity index (χ0v) is 11.1. The van der Waals surface area contributed by atoms with Crippen LogP contribution in [0.1, 0.15) is 0 Å². The summed E-state index contributed by atoms with van der Waals surface area (Å²) in [7, 11) is -2.72. The van der Waals surface area contributed by atoms with Gasteiger partial charge in [0.2, 0.25) is 0 Å². The number of rotatable bonds is 5. The summed E-state index contributed by atoms with van der Waals surface area (Å²) in [5, 5.41) is 0. The Morgan fingerprint density at radius 1 is 0.895 bits per heavy atom. The molecule has 0 aliphatic heterocycles. The standard InChI is InChI=1S/C13H13O5P/c1-16-12-8-5-9-13(10-12)18-19(14,15)17-11-6-3-2-4-7-11/h2-10H,1H3,(H,14,15). The molecule has 2 rings (SSSR count). The number of phosphoric acid groups is 1. The Kier molecular flexibility index (Phi) is 4.10. The van der Waals surface area contributed by atoms with E-state index in [0.717, 1.165) is 0 Å². The molecule has 0 radical (unpaired) electrons. The van der Waals surface area contributed by atoms with Gasteiger partial charge in [0.25, 0.3) is 0 Å². The second-order valence-corrected chi connectivity index (χ2v) is 4.95. The lowest BCUT2D eigenvalue weighted by Gasteiger charge is -2.14. The van der Waals surface area contributed by atoms with Crippen LogP contribution in [0.4, 0.5) is 0 Å². The average Bonchev–Trinajstić information content (AvgIpc) is 2.39. The van der Waals surface area contributed by atoms with Crippen molar-refractivity contribution in [1.82, 2.24) is 0 Å². The molecule has 0 saturated carbocycles. The monoisotopic (exact) mass is 280 g/mol.